The third-order valence-electron chi connectivity index (χ3n) is 3.75. The number of likely N-dealkylation sites (N-methyl/N-ethyl adjacent to an activating group) is 1. The molecule has 0 radical (unpaired) electrons. The van der Waals surface area contributed by atoms with Gasteiger partial charge in [0.2, 0.25) is 5.91 Å². The van der Waals surface area contributed by atoms with Crippen LogP contribution in [0.5, 0.6) is 0 Å². The topological polar surface area (TPSA) is 98.7 Å². The fourth-order valence-electron chi connectivity index (χ4n) is 2.51. The van der Waals surface area contributed by atoms with Crippen molar-refractivity contribution < 1.29 is 19.5 Å². The van der Waals surface area contributed by atoms with Gasteiger partial charge in [-0.25, -0.2) is 4.79 Å². The van der Waals surface area contributed by atoms with Crippen LogP contribution < -0.4 is 10.6 Å². The number of carboxylic acid groups (broad SMARTS) is 1. The molecule has 0 aromatic heterocycles. The lowest BCUT2D eigenvalue weighted by molar-refractivity contribution is -0.137. The zero-order valence-electron chi connectivity index (χ0n) is 12.6. The fraction of sp³-hybridized carbons (Fsp3) is 0.786. The number of nitrogens with one attached hydrogen (secondary N) is 2. The number of carbonyl (C=O) groups is 3. The van der Waals surface area contributed by atoms with Crippen LogP contribution in [0.4, 0.5) is 4.79 Å². The lowest BCUT2D eigenvalue weighted by Crippen LogP contribution is -2.43. The van der Waals surface area contributed by atoms with Gasteiger partial charge in [-0.1, -0.05) is 12.8 Å². The molecule has 0 aromatic rings. The molecule has 1 aliphatic carbocycles. The number of aliphatic carboxylic acids is 1. The Morgan fingerprint density at radius 2 is 1.86 bits per heavy atom. The number of nitrogens with zero attached hydrogens (tertiary/aromatic N) is 1. The Kier molecular flexibility index (Phi) is 7.74. The van der Waals surface area contributed by atoms with Crippen LogP contribution >= 0.6 is 0 Å². The van der Waals surface area contributed by atoms with Crippen LogP contribution in [-0.2, 0) is 9.59 Å². The minimum Gasteiger partial charge on any atom is -0.481 e. The molecule has 0 saturated heterocycles. The number of carbonyl (C=O) groups excluding carboxylic acids is 2. The molecule has 21 heavy (non-hydrogen) atoms. The summed E-state index contributed by atoms with van der Waals surface area (Å²) in [6.45, 7) is 1.24. The van der Waals surface area contributed by atoms with Crippen LogP contribution in [-0.4, -0.2) is 54.1 Å². The highest BCUT2D eigenvalue weighted by atomic mass is 16.4. The number of amides is 3. The van der Waals surface area contributed by atoms with E-state index in [-0.39, 0.29) is 19.3 Å². The highest BCUT2D eigenvalue weighted by Crippen LogP contribution is 2.21. The molecule has 120 valence electrons. The van der Waals surface area contributed by atoms with E-state index < -0.39 is 17.9 Å². The van der Waals surface area contributed by atoms with E-state index >= 15 is 0 Å². The first-order chi connectivity index (χ1) is 9.99. The average molecular weight is 299 g/mol. The monoisotopic (exact) mass is 299 g/mol. The van der Waals surface area contributed by atoms with Crippen LogP contribution in [0.15, 0.2) is 0 Å². The zero-order chi connectivity index (χ0) is 15.7. The Labute approximate surface area is 125 Å². The number of imide groups is 1. The van der Waals surface area contributed by atoms with Gasteiger partial charge < -0.3 is 15.3 Å². The van der Waals surface area contributed by atoms with E-state index in [1.54, 1.807) is 0 Å². The molecular weight excluding hydrogens is 274 g/mol. The van der Waals surface area contributed by atoms with Gasteiger partial charge in [-0.15, -0.1) is 0 Å². The van der Waals surface area contributed by atoms with Crippen molar-refractivity contribution in [2.45, 2.75) is 51.0 Å². The SMILES string of the molecule is CN(CCNC(=O)NC(=O)CCCC(=O)O)C1CCCC1. The number of hydrogen-bond donors (Lipinski definition) is 3. The first-order valence-electron chi connectivity index (χ1n) is 7.48. The van der Waals surface area contributed by atoms with E-state index in [0.29, 0.717) is 12.6 Å². The van der Waals surface area contributed by atoms with Crippen LogP contribution in [0.1, 0.15) is 44.9 Å². The Morgan fingerprint density at radius 3 is 2.48 bits per heavy atom. The van der Waals surface area contributed by atoms with Crippen LogP contribution in [0.3, 0.4) is 0 Å². The maximum Gasteiger partial charge on any atom is 0.321 e. The summed E-state index contributed by atoms with van der Waals surface area (Å²) in [5.41, 5.74) is 0. The maximum atomic E-state index is 11.5. The Bertz CT molecular complexity index is 367. The standard InChI is InChI=1S/C14H25N3O4/c1-17(11-5-2-3-6-11)10-9-15-14(21)16-12(18)7-4-8-13(19)20/h11H,2-10H2,1H3,(H,19,20)(H2,15,16,18,21). The quantitative estimate of drug-likeness (QED) is 0.619. The minimum absolute atomic E-state index is 0.0434. The molecule has 0 heterocycles. The van der Waals surface area contributed by atoms with E-state index in [1.807, 2.05) is 7.05 Å². The number of urea groups is 1. The van der Waals surface area contributed by atoms with Gasteiger partial charge >= 0.3 is 12.0 Å². The van der Waals surface area contributed by atoms with Gasteiger partial charge in [0.25, 0.3) is 0 Å². The first-order valence-corrected chi connectivity index (χ1v) is 7.48. The molecule has 0 bridgehead atoms. The highest BCUT2D eigenvalue weighted by molar-refractivity contribution is 5.94. The molecule has 1 rings (SSSR count). The third kappa shape index (κ3) is 7.65. The number of carboxylic acids is 1. The van der Waals surface area contributed by atoms with Crippen molar-refractivity contribution in [3.8, 4) is 0 Å². The third-order valence-corrected chi connectivity index (χ3v) is 3.75. The number of rotatable bonds is 8. The van der Waals surface area contributed by atoms with Gasteiger partial charge in [0, 0.05) is 32.0 Å². The number of hydrogen-bond acceptors (Lipinski definition) is 4. The molecule has 1 fully saturated rings. The second-order valence-electron chi connectivity index (χ2n) is 5.47. The Hall–Kier alpha value is -1.63. The fourth-order valence-corrected chi connectivity index (χ4v) is 2.51. The average Bonchev–Trinajstić information content (AvgIpc) is 2.91. The predicted octanol–water partition coefficient (Wildman–Crippen LogP) is 0.941. The van der Waals surface area contributed by atoms with Gasteiger partial charge in [0.05, 0.1) is 0 Å². The Balaban J connectivity index is 2.07. The molecule has 1 saturated carbocycles. The summed E-state index contributed by atoms with van der Waals surface area (Å²) in [7, 11) is 2.05. The minimum atomic E-state index is -0.942. The normalized spacial score (nSPS) is 15.1. The first kappa shape index (κ1) is 17.4. The van der Waals surface area contributed by atoms with Crippen molar-refractivity contribution >= 4 is 17.9 Å². The molecule has 0 atom stereocenters. The second kappa shape index (κ2) is 9.33. The van der Waals surface area contributed by atoms with Gasteiger partial charge in [0.1, 0.15) is 0 Å². The van der Waals surface area contributed by atoms with E-state index in [0.717, 1.165) is 6.54 Å². The highest BCUT2D eigenvalue weighted by Gasteiger charge is 2.19. The van der Waals surface area contributed by atoms with E-state index in [1.165, 1.54) is 25.7 Å². The van der Waals surface area contributed by atoms with Crippen LogP contribution in [0.25, 0.3) is 0 Å². The zero-order valence-corrected chi connectivity index (χ0v) is 12.6. The van der Waals surface area contributed by atoms with E-state index in [9.17, 15) is 14.4 Å². The van der Waals surface area contributed by atoms with Crippen LogP contribution in [0.2, 0.25) is 0 Å². The largest absolute Gasteiger partial charge is 0.481 e. The molecule has 7 heteroatoms. The van der Waals surface area contributed by atoms with E-state index in [4.69, 9.17) is 5.11 Å². The summed E-state index contributed by atoms with van der Waals surface area (Å²) in [5.74, 6) is -1.39. The molecule has 3 N–H and O–H groups in total. The van der Waals surface area contributed by atoms with Gasteiger partial charge in [-0.05, 0) is 26.3 Å². The summed E-state index contributed by atoms with van der Waals surface area (Å²) in [6, 6.07) is 0.0858. The summed E-state index contributed by atoms with van der Waals surface area (Å²) >= 11 is 0. The van der Waals surface area contributed by atoms with Gasteiger partial charge in [-0.2, -0.15) is 0 Å². The molecule has 7 nitrogen and oxygen atoms in total. The molecule has 0 unspecified atom stereocenters. The van der Waals surface area contributed by atoms with Crippen molar-refractivity contribution in [1.82, 2.24) is 15.5 Å². The van der Waals surface area contributed by atoms with Crippen molar-refractivity contribution in [1.29, 1.82) is 0 Å². The summed E-state index contributed by atoms with van der Waals surface area (Å²) in [6.07, 6.45) is 5.18. The Morgan fingerprint density at radius 1 is 1.19 bits per heavy atom. The van der Waals surface area contributed by atoms with Crippen molar-refractivity contribution in [2.24, 2.45) is 0 Å². The summed E-state index contributed by atoms with van der Waals surface area (Å²) in [4.78, 5) is 35.4. The second-order valence-corrected chi connectivity index (χ2v) is 5.47. The summed E-state index contributed by atoms with van der Waals surface area (Å²) in [5, 5.41) is 13.3. The molecule has 0 aromatic carbocycles. The van der Waals surface area contributed by atoms with Gasteiger partial charge in [0.15, 0.2) is 0 Å². The van der Waals surface area contributed by atoms with Crippen molar-refractivity contribution in [2.75, 3.05) is 20.1 Å². The smallest absolute Gasteiger partial charge is 0.321 e. The summed E-state index contributed by atoms with van der Waals surface area (Å²) < 4.78 is 0. The van der Waals surface area contributed by atoms with Crippen molar-refractivity contribution in [3.05, 3.63) is 0 Å². The van der Waals surface area contributed by atoms with E-state index in [2.05, 4.69) is 15.5 Å². The molecule has 1 aliphatic rings. The molecule has 0 spiro atoms. The van der Waals surface area contributed by atoms with Crippen LogP contribution in [0, 0.1) is 0 Å². The van der Waals surface area contributed by atoms with Gasteiger partial charge in [-0.3, -0.25) is 14.9 Å². The molecule has 3 amide bonds. The molecular formula is C14H25N3O4. The predicted molar refractivity (Wildman–Crippen MR) is 77.9 cm³/mol. The maximum absolute atomic E-state index is 11.5. The lowest BCUT2D eigenvalue weighted by Gasteiger charge is -2.23. The molecule has 0 aliphatic heterocycles. The van der Waals surface area contributed by atoms with Crippen molar-refractivity contribution in [3.63, 3.8) is 0 Å². The lowest BCUT2D eigenvalue weighted by atomic mass is 10.2.